The highest BCUT2D eigenvalue weighted by molar-refractivity contribution is 5.74. The molecule has 2 aromatic rings. The van der Waals surface area contributed by atoms with Crippen LogP contribution < -0.4 is 15.2 Å². The topological polar surface area (TPSA) is 93.1 Å². The van der Waals surface area contributed by atoms with Crippen molar-refractivity contribution in [2.75, 3.05) is 6.61 Å². The number of nitrogens with one attached hydrogen (secondary N) is 1. The average Bonchev–Trinajstić information content (AvgIpc) is 2.55. The van der Waals surface area contributed by atoms with E-state index in [4.69, 9.17) is 20.6 Å². The number of hydrogen-bond donors (Lipinski definition) is 2. The number of guanidine groups is 1. The second-order valence-corrected chi connectivity index (χ2v) is 4.77. The highest BCUT2D eigenvalue weighted by Gasteiger charge is 2.07. The van der Waals surface area contributed by atoms with Crippen molar-refractivity contribution in [1.29, 1.82) is 5.41 Å². The lowest BCUT2D eigenvalue weighted by Crippen LogP contribution is -2.04. The molecule has 0 radical (unpaired) electrons. The summed E-state index contributed by atoms with van der Waals surface area (Å²) in [6.45, 7) is 3.27. The highest BCUT2D eigenvalue weighted by atomic mass is 16.5. The van der Waals surface area contributed by atoms with Gasteiger partial charge in [0.25, 0.3) is 0 Å². The zero-order chi connectivity index (χ0) is 16.5. The van der Waals surface area contributed by atoms with E-state index in [1.807, 2.05) is 55.5 Å². The zero-order valence-corrected chi connectivity index (χ0v) is 13.0. The Hall–Kier alpha value is -2.89. The molecule has 0 spiro atoms. The molecule has 0 aromatic heterocycles. The van der Waals surface area contributed by atoms with Gasteiger partial charge in [-0.2, -0.15) is 5.11 Å². The SMILES string of the molecule is CCOc1cc(CN=NC(=N)N)ccc1OCc1ccccc1. The summed E-state index contributed by atoms with van der Waals surface area (Å²) in [5, 5.41) is 14.4. The van der Waals surface area contributed by atoms with Gasteiger partial charge in [-0.1, -0.05) is 36.4 Å². The van der Waals surface area contributed by atoms with Gasteiger partial charge in [0.1, 0.15) is 6.61 Å². The quantitative estimate of drug-likeness (QED) is 0.465. The molecular formula is C17H20N4O2. The minimum Gasteiger partial charge on any atom is -0.490 e. The summed E-state index contributed by atoms with van der Waals surface area (Å²) in [6.07, 6.45) is 0. The van der Waals surface area contributed by atoms with E-state index < -0.39 is 0 Å². The molecule has 3 N–H and O–H groups in total. The molecule has 0 fully saturated rings. The molecule has 2 aromatic carbocycles. The Bertz CT molecular complexity index is 672. The van der Waals surface area contributed by atoms with Gasteiger partial charge in [0, 0.05) is 0 Å². The van der Waals surface area contributed by atoms with Crippen molar-refractivity contribution < 1.29 is 9.47 Å². The monoisotopic (exact) mass is 312 g/mol. The highest BCUT2D eigenvalue weighted by Crippen LogP contribution is 2.29. The number of ether oxygens (including phenoxy) is 2. The van der Waals surface area contributed by atoms with E-state index in [-0.39, 0.29) is 5.96 Å². The minimum absolute atomic E-state index is 0.308. The first-order chi connectivity index (χ1) is 11.2. The van der Waals surface area contributed by atoms with Gasteiger partial charge in [-0.3, -0.25) is 5.41 Å². The fraction of sp³-hybridized carbons (Fsp3) is 0.235. The molecule has 0 amide bonds. The maximum Gasteiger partial charge on any atom is 0.232 e. The maximum absolute atomic E-state index is 7.01. The lowest BCUT2D eigenvalue weighted by Gasteiger charge is -2.13. The van der Waals surface area contributed by atoms with Gasteiger partial charge in [0.05, 0.1) is 13.2 Å². The third-order valence-electron chi connectivity index (χ3n) is 2.98. The van der Waals surface area contributed by atoms with Crippen LogP contribution in [0.5, 0.6) is 11.5 Å². The molecule has 0 saturated carbocycles. The van der Waals surface area contributed by atoms with Gasteiger partial charge in [0.2, 0.25) is 5.96 Å². The van der Waals surface area contributed by atoms with E-state index in [0.29, 0.717) is 31.3 Å². The van der Waals surface area contributed by atoms with Gasteiger partial charge in [-0.25, -0.2) is 0 Å². The molecule has 120 valence electrons. The average molecular weight is 312 g/mol. The van der Waals surface area contributed by atoms with E-state index in [0.717, 1.165) is 11.1 Å². The van der Waals surface area contributed by atoms with Gasteiger partial charge in [0.15, 0.2) is 11.5 Å². The molecule has 0 bridgehead atoms. The normalized spacial score (nSPS) is 10.7. The number of nitrogens with two attached hydrogens (primary N) is 1. The molecule has 6 nitrogen and oxygen atoms in total. The Balaban J connectivity index is 2.07. The van der Waals surface area contributed by atoms with Crippen LogP contribution in [0.15, 0.2) is 58.8 Å². The van der Waals surface area contributed by atoms with Crippen LogP contribution in [0.25, 0.3) is 0 Å². The predicted octanol–water partition coefficient (Wildman–Crippen LogP) is 3.51. The summed E-state index contributed by atoms with van der Waals surface area (Å²) in [5.74, 6) is 1.04. The second kappa shape index (κ2) is 8.53. The first kappa shape index (κ1) is 16.5. The molecule has 0 aliphatic carbocycles. The number of rotatable bonds is 7. The Morgan fingerprint density at radius 3 is 2.52 bits per heavy atom. The Morgan fingerprint density at radius 2 is 1.83 bits per heavy atom. The van der Waals surface area contributed by atoms with Crippen LogP contribution in [0, 0.1) is 5.41 Å². The number of azo groups is 1. The summed E-state index contributed by atoms with van der Waals surface area (Å²) < 4.78 is 11.5. The van der Waals surface area contributed by atoms with Crippen molar-refractivity contribution in [3.8, 4) is 11.5 Å². The van der Waals surface area contributed by atoms with E-state index in [1.54, 1.807) is 0 Å². The smallest absolute Gasteiger partial charge is 0.232 e. The largest absolute Gasteiger partial charge is 0.490 e. The summed E-state index contributed by atoms with van der Waals surface area (Å²) >= 11 is 0. The zero-order valence-electron chi connectivity index (χ0n) is 13.0. The van der Waals surface area contributed by atoms with Crippen LogP contribution in [0.4, 0.5) is 0 Å². The standard InChI is InChI=1S/C17H20N4O2/c1-2-22-16-10-14(11-20-21-17(18)19)8-9-15(16)23-12-13-6-4-3-5-7-13/h3-10H,2,11-12H2,1H3,(H3,18,19). The van der Waals surface area contributed by atoms with Crippen molar-refractivity contribution in [2.45, 2.75) is 20.1 Å². The number of nitrogens with zero attached hydrogens (tertiary/aromatic N) is 2. The van der Waals surface area contributed by atoms with Crippen molar-refractivity contribution in [3.05, 3.63) is 59.7 Å². The van der Waals surface area contributed by atoms with Gasteiger partial charge >= 0.3 is 0 Å². The Morgan fingerprint density at radius 1 is 1.04 bits per heavy atom. The first-order valence-electron chi connectivity index (χ1n) is 7.33. The maximum atomic E-state index is 7.01. The first-order valence-corrected chi connectivity index (χ1v) is 7.33. The van der Waals surface area contributed by atoms with E-state index in [2.05, 4.69) is 10.2 Å². The summed E-state index contributed by atoms with van der Waals surface area (Å²) in [6, 6.07) is 15.6. The summed E-state index contributed by atoms with van der Waals surface area (Å²) in [4.78, 5) is 0. The molecule has 23 heavy (non-hydrogen) atoms. The predicted molar refractivity (Wildman–Crippen MR) is 88.9 cm³/mol. The molecular weight excluding hydrogens is 292 g/mol. The molecule has 6 heteroatoms. The molecule has 0 aliphatic rings. The fourth-order valence-electron chi connectivity index (χ4n) is 1.97. The molecule has 0 aliphatic heterocycles. The molecule has 0 heterocycles. The number of benzene rings is 2. The minimum atomic E-state index is -0.308. The van der Waals surface area contributed by atoms with Crippen LogP contribution in [0.1, 0.15) is 18.1 Å². The summed E-state index contributed by atoms with van der Waals surface area (Å²) in [5.41, 5.74) is 7.13. The van der Waals surface area contributed by atoms with Crippen molar-refractivity contribution in [2.24, 2.45) is 16.0 Å². The van der Waals surface area contributed by atoms with Gasteiger partial charge in [-0.05, 0) is 30.2 Å². The lowest BCUT2D eigenvalue weighted by atomic mass is 10.2. The molecule has 0 unspecified atom stereocenters. The van der Waals surface area contributed by atoms with Crippen molar-refractivity contribution >= 4 is 5.96 Å². The molecule has 2 rings (SSSR count). The Kier molecular flexibility index (Phi) is 6.11. The molecule has 0 atom stereocenters. The molecule has 0 saturated heterocycles. The van der Waals surface area contributed by atoms with Crippen LogP contribution in [-0.4, -0.2) is 12.6 Å². The third-order valence-corrected chi connectivity index (χ3v) is 2.98. The third kappa shape index (κ3) is 5.43. The second-order valence-electron chi connectivity index (χ2n) is 4.77. The van der Waals surface area contributed by atoms with E-state index in [9.17, 15) is 0 Å². The van der Waals surface area contributed by atoms with Crippen LogP contribution >= 0.6 is 0 Å². The van der Waals surface area contributed by atoms with E-state index in [1.165, 1.54) is 0 Å². The fourth-order valence-corrected chi connectivity index (χ4v) is 1.97. The lowest BCUT2D eigenvalue weighted by molar-refractivity contribution is 0.269. The van der Waals surface area contributed by atoms with Crippen LogP contribution in [0.3, 0.4) is 0 Å². The van der Waals surface area contributed by atoms with Crippen LogP contribution in [0.2, 0.25) is 0 Å². The van der Waals surface area contributed by atoms with E-state index >= 15 is 0 Å². The number of hydrogen-bond acceptors (Lipinski definition) is 4. The van der Waals surface area contributed by atoms with Gasteiger partial charge in [-0.15, -0.1) is 5.11 Å². The van der Waals surface area contributed by atoms with Crippen molar-refractivity contribution in [3.63, 3.8) is 0 Å². The van der Waals surface area contributed by atoms with Crippen LogP contribution in [-0.2, 0) is 13.2 Å². The Labute approximate surface area is 135 Å². The van der Waals surface area contributed by atoms with Gasteiger partial charge < -0.3 is 15.2 Å². The van der Waals surface area contributed by atoms with Crippen molar-refractivity contribution in [1.82, 2.24) is 0 Å². The summed E-state index contributed by atoms with van der Waals surface area (Å²) in [7, 11) is 0.